The summed E-state index contributed by atoms with van der Waals surface area (Å²) in [5.41, 5.74) is 3.71. The Morgan fingerprint density at radius 1 is 1.35 bits per heavy atom. The third-order valence-corrected chi connectivity index (χ3v) is 4.67. The summed E-state index contributed by atoms with van der Waals surface area (Å²) in [6, 6.07) is 0.494. The van der Waals surface area contributed by atoms with Crippen molar-refractivity contribution in [1.29, 1.82) is 0 Å². The van der Waals surface area contributed by atoms with Crippen LogP contribution in [0.1, 0.15) is 30.9 Å². The number of nitrogens with zero attached hydrogens (tertiary/aromatic N) is 3. The smallest absolute Gasteiger partial charge is 0.194 e. The first-order valence-electron chi connectivity index (χ1n) is 7.20. The molecule has 2 aromatic heterocycles. The van der Waals surface area contributed by atoms with Gasteiger partial charge in [-0.25, -0.2) is 4.98 Å². The summed E-state index contributed by atoms with van der Waals surface area (Å²) in [4.78, 5) is 7.99. The van der Waals surface area contributed by atoms with Crippen LogP contribution in [-0.4, -0.2) is 41.0 Å². The molecule has 20 heavy (non-hydrogen) atoms. The van der Waals surface area contributed by atoms with E-state index in [0.717, 1.165) is 23.7 Å². The van der Waals surface area contributed by atoms with E-state index in [9.17, 15) is 0 Å². The van der Waals surface area contributed by atoms with Gasteiger partial charge in [-0.15, -0.1) is 11.3 Å². The number of aryl methyl sites for hydroxylation is 2. The molecule has 0 fully saturated rings. The van der Waals surface area contributed by atoms with Crippen LogP contribution in [0, 0.1) is 19.8 Å². The van der Waals surface area contributed by atoms with Crippen LogP contribution in [-0.2, 0) is 6.54 Å². The van der Waals surface area contributed by atoms with Crippen molar-refractivity contribution in [2.45, 2.75) is 40.3 Å². The Bertz CT molecular complexity index is 568. The zero-order valence-electron chi connectivity index (χ0n) is 13.4. The summed E-state index contributed by atoms with van der Waals surface area (Å²) in [6.45, 7) is 10.7. The number of hydrogen-bond acceptors (Lipinski definition) is 4. The van der Waals surface area contributed by atoms with Gasteiger partial charge in [0.1, 0.15) is 0 Å². The van der Waals surface area contributed by atoms with Gasteiger partial charge in [-0.3, -0.25) is 4.40 Å². The monoisotopic (exact) mass is 294 g/mol. The molecule has 2 heterocycles. The largest absolute Gasteiger partial charge is 0.308 e. The third-order valence-electron chi connectivity index (χ3n) is 3.73. The van der Waals surface area contributed by atoms with E-state index in [1.165, 1.54) is 11.4 Å². The molecule has 1 atom stereocenters. The summed E-state index contributed by atoms with van der Waals surface area (Å²) in [7, 11) is 4.25. The molecule has 0 aliphatic heterocycles. The number of likely N-dealkylation sites (N-methyl/N-ethyl adjacent to an activating group) is 1. The fourth-order valence-corrected chi connectivity index (χ4v) is 3.44. The molecule has 5 heteroatoms. The van der Waals surface area contributed by atoms with Crippen molar-refractivity contribution in [3.8, 4) is 0 Å². The van der Waals surface area contributed by atoms with Crippen LogP contribution in [0.15, 0.2) is 5.38 Å². The highest BCUT2D eigenvalue weighted by molar-refractivity contribution is 7.15. The average molecular weight is 294 g/mol. The number of thiazole rings is 1. The van der Waals surface area contributed by atoms with E-state index in [1.54, 1.807) is 11.3 Å². The van der Waals surface area contributed by atoms with Crippen molar-refractivity contribution in [2.75, 3.05) is 20.6 Å². The predicted octanol–water partition coefficient (Wildman–Crippen LogP) is 2.69. The summed E-state index contributed by atoms with van der Waals surface area (Å²) in [5.74, 6) is 0.615. The van der Waals surface area contributed by atoms with E-state index in [1.807, 2.05) is 0 Å². The molecule has 0 saturated heterocycles. The molecule has 1 N–H and O–H groups in total. The number of hydrogen-bond donors (Lipinski definition) is 1. The van der Waals surface area contributed by atoms with E-state index in [4.69, 9.17) is 0 Å². The van der Waals surface area contributed by atoms with E-state index in [-0.39, 0.29) is 0 Å². The van der Waals surface area contributed by atoms with Crippen LogP contribution in [0.5, 0.6) is 0 Å². The minimum Gasteiger partial charge on any atom is -0.308 e. The molecular formula is C15H26N4S. The van der Waals surface area contributed by atoms with Crippen LogP contribution in [0.4, 0.5) is 0 Å². The predicted molar refractivity (Wildman–Crippen MR) is 86.6 cm³/mol. The fraction of sp³-hybridized carbons (Fsp3) is 0.667. The first kappa shape index (κ1) is 15.5. The van der Waals surface area contributed by atoms with Gasteiger partial charge < -0.3 is 10.2 Å². The molecule has 112 valence electrons. The zero-order chi connectivity index (χ0) is 14.9. The van der Waals surface area contributed by atoms with Crippen molar-refractivity contribution >= 4 is 16.3 Å². The maximum atomic E-state index is 4.65. The molecule has 0 amide bonds. The van der Waals surface area contributed by atoms with Gasteiger partial charge in [0.25, 0.3) is 0 Å². The molecule has 0 aliphatic rings. The van der Waals surface area contributed by atoms with Gasteiger partial charge in [-0.2, -0.15) is 0 Å². The van der Waals surface area contributed by atoms with E-state index >= 15 is 0 Å². The highest BCUT2D eigenvalue weighted by atomic mass is 32.1. The highest BCUT2D eigenvalue weighted by Crippen LogP contribution is 2.20. The maximum absolute atomic E-state index is 4.65. The average Bonchev–Trinajstić information content (AvgIpc) is 2.84. The van der Waals surface area contributed by atoms with Crippen LogP contribution in [0.3, 0.4) is 0 Å². The molecule has 0 aromatic carbocycles. The lowest BCUT2D eigenvalue weighted by Gasteiger charge is -2.25. The van der Waals surface area contributed by atoms with Crippen LogP contribution < -0.4 is 5.32 Å². The first-order valence-corrected chi connectivity index (χ1v) is 8.08. The second-order valence-electron chi connectivity index (χ2n) is 6.13. The molecule has 0 saturated carbocycles. The van der Waals surface area contributed by atoms with Crippen LogP contribution in [0.25, 0.3) is 4.96 Å². The van der Waals surface area contributed by atoms with Crippen LogP contribution in [0.2, 0.25) is 0 Å². The number of rotatable bonds is 6. The van der Waals surface area contributed by atoms with E-state index in [2.05, 4.69) is 66.8 Å². The molecule has 2 aromatic rings. The van der Waals surface area contributed by atoms with Gasteiger partial charge in [0.05, 0.1) is 11.4 Å². The Morgan fingerprint density at radius 2 is 2.05 bits per heavy atom. The lowest BCUT2D eigenvalue weighted by atomic mass is 10.0. The Morgan fingerprint density at radius 3 is 2.65 bits per heavy atom. The summed E-state index contributed by atoms with van der Waals surface area (Å²) in [6.07, 6.45) is 0. The van der Waals surface area contributed by atoms with Crippen molar-refractivity contribution in [1.82, 2.24) is 19.6 Å². The quantitative estimate of drug-likeness (QED) is 0.889. The minimum atomic E-state index is 0.494. The molecule has 4 nitrogen and oxygen atoms in total. The summed E-state index contributed by atoms with van der Waals surface area (Å²) >= 11 is 1.72. The lowest BCUT2D eigenvalue weighted by molar-refractivity contribution is 0.287. The molecule has 2 rings (SSSR count). The Hall–Kier alpha value is -0.910. The van der Waals surface area contributed by atoms with Gasteiger partial charge >= 0.3 is 0 Å². The van der Waals surface area contributed by atoms with Crippen molar-refractivity contribution in [2.24, 2.45) is 5.92 Å². The van der Waals surface area contributed by atoms with Gasteiger partial charge in [0, 0.05) is 30.2 Å². The van der Waals surface area contributed by atoms with Crippen molar-refractivity contribution in [3.63, 3.8) is 0 Å². The first-order chi connectivity index (χ1) is 9.40. The molecule has 1 unspecified atom stereocenters. The second-order valence-corrected chi connectivity index (χ2v) is 6.97. The molecule has 0 radical (unpaired) electrons. The number of aromatic nitrogens is 2. The van der Waals surface area contributed by atoms with Gasteiger partial charge in [-0.05, 0) is 33.9 Å². The van der Waals surface area contributed by atoms with Gasteiger partial charge in [0.15, 0.2) is 4.96 Å². The lowest BCUT2D eigenvalue weighted by Crippen LogP contribution is -2.41. The Balaban J connectivity index is 2.15. The Labute approximate surface area is 125 Å². The standard InChI is InChI=1S/C15H26N4S/c1-10(2)13(8-18(5)6)16-7-14-12(4)17-15-19(14)11(3)9-20-15/h9-10,13,16H,7-8H2,1-6H3. The maximum Gasteiger partial charge on any atom is 0.194 e. The molecule has 0 bridgehead atoms. The summed E-state index contributed by atoms with van der Waals surface area (Å²) in [5, 5.41) is 5.88. The molecule has 0 spiro atoms. The second kappa shape index (κ2) is 6.24. The molecular weight excluding hydrogens is 268 g/mol. The van der Waals surface area contributed by atoms with E-state index < -0.39 is 0 Å². The molecule has 0 aliphatic carbocycles. The Kier molecular flexibility index (Phi) is 4.83. The SMILES string of the molecule is Cc1nc2scc(C)n2c1CNC(CN(C)C)C(C)C. The topological polar surface area (TPSA) is 32.6 Å². The number of nitrogens with one attached hydrogen (secondary N) is 1. The number of fused-ring (bicyclic) bond motifs is 1. The van der Waals surface area contributed by atoms with Gasteiger partial charge in [-0.1, -0.05) is 13.8 Å². The minimum absolute atomic E-state index is 0.494. The van der Waals surface area contributed by atoms with Gasteiger partial charge in [0.2, 0.25) is 0 Å². The normalized spacial score (nSPS) is 13.8. The van der Waals surface area contributed by atoms with Crippen LogP contribution >= 0.6 is 11.3 Å². The summed E-state index contributed by atoms with van der Waals surface area (Å²) < 4.78 is 2.28. The third kappa shape index (κ3) is 3.22. The highest BCUT2D eigenvalue weighted by Gasteiger charge is 2.17. The zero-order valence-corrected chi connectivity index (χ0v) is 14.2. The number of imidazole rings is 1. The fourth-order valence-electron chi connectivity index (χ4n) is 2.51. The van der Waals surface area contributed by atoms with E-state index in [0.29, 0.717) is 12.0 Å². The van der Waals surface area contributed by atoms with Crippen molar-refractivity contribution in [3.05, 3.63) is 22.5 Å². The van der Waals surface area contributed by atoms with Crippen molar-refractivity contribution < 1.29 is 0 Å².